The maximum Gasteiger partial charge on any atom is 0.244 e. The zero-order valence-corrected chi connectivity index (χ0v) is 13.5. The van der Waals surface area contributed by atoms with Gasteiger partial charge in [0, 0.05) is 12.6 Å². The lowest BCUT2D eigenvalue weighted by Gasteiger charge is -2.16. The summed E-state index contributed by atoms with van der Waals surface area (Å²) in [6.45, 7) is 5.69. The molecule has 2 N–H and O–H groups in total. The topological polar surface area (TPSA) is 49.3 Å². The fourth-order valence-corrected chi connectivity index (χ4v) is 1.43. The van der Waals surface area contributed by atoms with E-state index in [0.717, 1.165) is 25.7 Å². The third-order valence-electron chi connectivity index (χ3n) is 2.53. The van der Waals surface area contributed by atoms with E-state index in [-0.39, 0.29) is 12.5 Å². The summed E-state index contributed by atoms with van der Waals surface area (Å²) in [5.74, 6) is -0.190. The van der Waals surface area contributed by atoms with Gasteiger partial charge in [0.25, 0.3) is 0 Å². The Labute approximate surface area is 129 Å². The number of aliphatic hydroxyl groups is 1. The van der Waals surface area contributed by atoms with Gasteiger partial charge in [-0.05, 0) is 39.5 Å². The van der Waals surface area contributed by atoms with Crippen LogP contribution in [0.4, 0.5) is 0 Å². The molecule has 0 saturated carbocycles. The molecule has 0 heterocycles. The molecule has 0 aromatic rings. The van der Waals surface area contributed by atoms with Crippen molar-refractivity contribution in [2.24, 2.45) is 0 Å². The number of carbonyl (C=O) groups excluding carboxylic acids is 1. The summed E-state index contributed by atoms with van der Waals surface area (Å²) in [7, 11) is 0. The first-order chi connectivity index (χ1) is 9.95. The number of unbranched alkanes of at least 4 members (excludes halogenated alkanes) is 1. The van der Waals surface area contributed by atoms with E-state index in [9.17, 15) is 9.90 Å². The molecule has 0 atom stereocenters. The smallest absolute Gasteiger partial charge is 0.244 e. The Kier molecular flexibility index (Phi) is 11.2. The van der Waals surface area contributed by atoms with Crippen LogP contribution < -0.4 is 5.32 Å². The Bertz CT molecular complexity index is 385. The Morgan fingerprint density at radius 3 is 2.38 bits per heavy atom. The van der Waals surface area contributed by atoms with Gasteiger partial charge in [0.15, 0.2) is 0 Å². The first kappa shape index (κ1) is 19.4. The second kappa shape index (κ2) is 12.2. The molecule has 0 aromatic carbocycles. The lowest BCUT2D eigenvalue weighted by atomic mass is 10.1. The maximum atomic E-state index is 11.4. The van der Waals surface area contributed by atoms with E-state index in [1.807, 2.05) is 12.2 Å². The fourth-order valence-electron chi connectivity index (χ4n) is 1.43. The highest BCUT2D eigenvalue weighted by Crippen LogP contribution is 1.98. The van der Waals surface area contributed by atoms with Crippen LogP contribution in [-0.4, -0.2) is 23.2 Å². The molecule has 0 aliphatic rings. The van der Waals surface area contributed by atoms with Crippen LogP contribution in [0.25, 0.3) is 0 Å². The molecule has 1 amide bonds. The number of rotatable bonds is 10. The fraction of sp³-hybridized carbons (Fsp3) is 0.500. The van der Waals surface area contributed by atoms with Crippen LogP contribution in [0.5, 0.6) is 0 Å². The lowest BCUT2D eigenvalue weighted by Crippen LogP contribution is -2.37. The van der Waals surface area contributed by atoms with E-state index in [4.69, 9.17) is 0 Å². The summed E-state index contributed by atoms with van der Waals surface area (Å²) in [5.41, 5.74) is -0.877. The van der Waals surface area contributed by atoms with Crippen LogP contribution in [-0.2, 0) is 4.79 Å². The van der Waals surface area contributed by atoms with Gasteiger partial charge in [0.1, 0.15) is 0 Å². The van der Waals surface area contributed by atoms with Gasteiger partial charge >= 0.3 is 0 Å². The van der Waals surface area contributed by atoms with Crippen LogP contribution in [0.15, 0.2) is 48.6 Å². The summed E-state index contributed by atoms with van der Waals surface area (Å²) >= 11 is 0. The van der Waals surface area contributed by atoms with Crippen LogP contribution in [0.1, 0.15) is 46.5 Å². The molecule has 0 radical (unpaired) electrons. The van der Waals surface area contributed by atoms with Crippen LogP contribution in [0, 0.1) is 0 Å². The van der Waals surface area contributed by atoms with Crippen molar-refractivity contribution in [3.05, 3.63) is 48.6 Å². The van der Waals surface area contributed by atoms with Crippen molar-refractivity contribution in [1.82, 2.24) is 5.32 Å². The molecule has 0 spiro atoms. The monoisotopic (exact) mass is 291 g/mol. The summed E-state index contributed by atoms with van der Waals surface area (Å²) in [6, 6.07) is 0. The molecule has 118 valence electrons. The molecule has 0 unspecified atom stereocenters. The van der Waals surface area contributed by atoms with Crippen LogP contribution in [0.3, 0.4) is 0 Å². The van der Waals surface area contributed by atoms with Crippen molar-refractivity contribution in [3.63, 3.8) is 0 Å². The second-order valence-electron chi connectivity index (χ2n) is 5.48. The van der Waals surface area contributed by atoms with Crippen molar-refractivity contribution >= 4 is 5.91 Å². The van der Waals surface area contributed by atoms with E-state index in [1.165, 1.54) is 6.08 Å². The van der Waals surface area contributed by atoms with Crippen LogP contribution in [0.2, 0.25) is 0 Å². The molecule has 3 nitrogen and oxygen atoms in total. The SMILES string of the molecule is CC/C=C\C/C=C\CC/C=C/C=C/C(=O)NCC(C)(C)O. The largest absolute Gasteiger partial charge is 0.389 e. The molecular weight excluding hydrogens is 262 g/mol. The number of amides is 1. The quantitative estimate of drug-likeness (QED) is 0.279. The van der Waals surface area contributed by atoms with Gasteiger partial charge in [0.2, 0.25) is 5.91 Å². The Hall–Kier alpha value is -1.61. The van der Waals surface area contributed by atoms with Gasteiger partial charge in [-0.25, -0.2) is 0 Å². The Morgan fingerprint density at radius 2 is 1.71 bits per heavy atom. The van der Waals surface area contributed by atoms with E-state index in [2.05, 4.69) is 36.5 Å². The predicted octanol–water partition coefficient (Wildman–Crippen LogP) is 3.68. The molecule has 0 saturated heterocycles. The number of hydrogen-bond acceptors (Lipinski definition) is 2. The van der Waals surface area contributed by atoms with Gasteiger partial charge in [-0.2, -0.15) is 0 Å². The van der Waals surface area contributed by atoms with Crippen molar-refractivity contribution in [1.29, 1.82) is 0 Å². The number of nitrogens with one attached hydrogen (secondary N) is 1. The summed E-state index contributed by atoms with van der Waals surface area (Å²) in [5, 5.41) is 12.1. The zero-order chi connectivity index (χ0) is 16.0. The average Bonchev–Trinajstić information content (AvgIpc) is 2.42. The zero-order valence-electron chi connectivity index (χ0n) is 13.5. The molecule has 3 heteroatoms. The lowest BCUT2D eigenvalue weighted by molar-refractivity contribution is -0.117. The van der Waals surface area contributed by atoms with Gasteiger partial charge in [0.05, 0.1) is 5.60 Å². The predicted molar refractivity (Wildman–Crippen MR) is 90.0 cm³/mol. The van der Waals surface area contributed by atoms with Gasteiger partial charge in [-0.15, -0.1) is 0 Å². The summed E-state index contributed by atoms with van der Waals surface area (Å²) < 4.78 is 0. The maximum absolute atomic E-state index is 11.4. The minimum Gasteiger partial charge on any atom is -0.389 e. The molecule has 0 fully saturated rings. The van der Waals surface area contributed by atoms with Gasteiger partial charge in [-0.1, -0.05) is 49.5 Å². The molecule has 0 rings (SSSR count). The normalized spacial score (nSPS) is 13.1. The highest BCUT2D eigenvalue weighted by atomic mass is 16.3. The second-order valence-corrected chi connectivity index (χ2v) is 5.48. The average molecular weight is 291 g/mol. The van der Waals surface area contributed by atoms with Crippen molar-refractivity contribution in [2.45, 2.75) is 52.1 Å². The number of carbonyl (C=O) groups is 1. The van der Waals surface area contributed by atoms with E-state index in [0.29, 0.717) is 0 Å². The Balaban J connectivity index is 3.69. The highest BCUT2D eigenvalue weighted by molar-refractivity contribution is 5.87. The van der Waals surface area contributed by atoms with Crippen molar-refractivity contribution < 1.29 is 9.90 Å². The van der Waals surface area contributed by atoms with E-state index in [1.54, 1.807) is 19.9 Å². The molecule has 0 aromatic heterocycles. The third-order valence-corrected chi connectivity index (χ3v) is 2.53. The molecule has 0 aliphatic heterocycles. The first-order valence-electron chi connectivity index (χ1n) is 7.59. The van der Waals surface area contributed by atoms with Crippen molar-refractivity contribution in [3.8, 4) is 0 Å². The first-order valence-corrected chi connectivity index (χ1v) is 7.59. The minimum atomic E-state index is -0.877. The van der Waals surface area contributed by atoms with Crippen LogP contribution >= 0.6 is 0 Å². The molecule has 21 heavy (non-hydrogen) atoms. The van der Waals surface area contributed by atoms with E-state index >= 15 is 0 Å². The number of hydrogen-bond donors (Lipinski definition) is 2. The highest BCUT2D eigenvalue weighted by Gasteiger charge is 2.12. The van der Waals surface area contributed by atoms with Gasteiger partial charge < -0.3 is 10.4 Å². The van der Waals surface area contributed by atoms with E-state index < -0.39 is 5.60 Å². The summed E-state index contributed by atoms with van der Waals surface area (Å²) in [4.78, 5) is 11.4. The summed E-state index contributed by atoms with van der Waals surface area (Å²) in [6.07, 6.45) is 19.8. The molecule has 0 aliphatic carbocycles. The number of allylic oxidation sites excluding steroid dienone is 7. The minimum absolute atomic E-state index is 0.190. The molecular formula is C18H29NO2. The van der Waals surface area contributed by atoms with Crippen molar-refractivity contribution in [2.75, 3.05) is 6.54 Å². The Morgan fingerprint density at radius 1 is 1.05 bits per heavy atom. The standard InChI is InChI=1S/C18H29NO2/c1-4-5-6-7-8-9-10-11-12-13-14-15-17(20)19-16-18(2,3)21/h5-6,8-9,12-15,21H,4,7,10-11,16H2,1-3H3,(H,19,20)/b6-5-,9-8-,13-12+,15-14+. The molecule has 0 bridgehead atoms. The van der Waals surface area contributed by atoms with Gasteiger partial charge in [-0.3, -0.25) is 4.79 Å². The third kappa shape index (κ3) is 16.3.